The number of rotatable bonds is 8. The molecular formula is C35H35N2O8S2+. The number of allylic oxidation sites excluding steroid dienone is 2. The van der Waals surface area contributed by atoms with E-state index in [9.17, 15) is 25.9 Å². The lowest BCUT2D eigenvalue weighted by Gasteiger charge is -2.52. The molecule has 12 heteroatoms. The Morgan fingerprint density at radius 2 is 1.64 bits per heavy atom. The van der Waals surface area contributed by atoms with Gasteiger partial charge in [-0.05, 0) is 52.6 Å². The van der Waals surface area contributed by atoms with Crippen molar-refractivity contribution in [2.24, 2.45) is 0 Å². The summed E-state index contributed by atoms with van der Waals surface area (Å²) in [5.74, 6) is 1.33. The van der Waals surface area contributed by atoms with Crippen LogP contribution in [0.15, 0.2) is 94.7 Å². The number of fused-ring (bicyclic) bond motifs is 5. The number of quaternary nitrogens is 1. The quantitative estimate of drug-likeness (QED) is 0.113. The van der Waals surface area contributed by atoms with Crippen molar-refractivity contribution in [2.45, 2.75) is 56.7 Å². The van der Waals surface area contributed by atoms with Gasteiger partial charge in [-0.1, -0.05) is 55.5 Å². The van der Waals surface area contributed by atoms with E-state index < -0.39 is 30.4 Å². The van der Waals surface area contributed by atoms with Gasteiger partial charge in [0.25, 0.3) is 5.52 Å². The molecule has 3 unspecified atom stereocenters. The third-order valence-corrected chi connectivity index (χ3v) is 12.8. The number of hydrogen-bond acceptors (Lipinski definition) is 7. The summed E-state index contributed by atoms with van der Waals surface area (Å²) in [6, 6.07) is 23.3. The van der Waals surface area contributed by atoms with Gasteiger partial charge >= 0.3 is 21.9 Å². The second-order valence-corrected chi connectivity index (χ2v) is 16.2. The number of benzene rings is 4. The van der Waals surface area contributed by atoms with Crippen LogP contribution >= 0.6 is 0 Å². The van der Waals surface area contributed by atoms with Gasteiger partial charge in [0.15, 0.2) is 18.0 Å². The first kappa shape index (κ1) is 31.5. The van der Waals surface area contributed by atoms with E-state index in [0.29, 0.717) is 41.8 Å². The minimum atomic E-state index is -4.52. The number of oxazole rings is 1. The predicted octanol–water partition coefficient (Wildman–Crippen LogP) is 6.39. The molecule has 5 aromatic rings. The Morgan fingerprint density at radius 3 is 2.21 bits per heavy atom. The highest BCUT2D eigenvalue weighted by Gasteiger charge is 2.72. The number of aromatic nitrogens is 1. The maximum Gasteiger partial charge on any atom is 0.374 e. The topological polar surface area (TPSA) is 138 Å². The largest absolute Gasteiger partial charge is 0.748 e. The van der Waals surface area contributed by atoms with Gasteiger partial charge in [-0.2, -0.15) is 13.0 Å². The lowest BCUT2D eigenvalue weighted by molar-refractivity contribution is -0.678. The van der Waals surface area contributed by atoms with Gasteiger partial charge in [0.2, 0.25) is 10.5 Å². The van der Waals surface area contributed by atoms with E-state index in [1.807, 2.05) is 96.4 Å². The first-order valence-corrected chi connectivity index (χ1v) is 18.5. The molecular weight excluding hydrogens is 641 g/mol. The Bertz CT molecular complexity index is 2380. The summed E-state index contributed by atoms with van der Waals surface area (Å²) in [6.07, 6.45) is 4.48. The summed E-state index contributed by atoms with van der Waals surface area (Å²) < 4.78 is 86.2. The van der Waals surface area contributed by atoms with Crippen molar-refractivity contribution in [1.29, 1.82) is 0 Å². The fourth-order valence-electron chi connectivity index (χ4n) is 6.87. The third kappa shape index (κ3) is 4.97. The van der Waals surface area contributed by atoms with Gasteiger partial charge in [-0.15, -0.1) is 0 Å². The molecule has 3 atom stereocenters. The fourth-order valence-corrected chi connectivity index (χ4v) is 8.29. The van der Waals surface area contributed by atoms with Crippen LogP contribution in [0, 0.1) is 0 Å². The molecule has 0 aliphatic carbocycles. The zero-order valence-electron chi connectivity index (χ0n) is 26.2. The molecule has 1 aromatic heterocycles. The highest BCUT2D eigenvalue weighted by molar-refractivity contribution is 7.87. The zero-order chi connectivity index (χ0) is 33.4. The smallest absolute Gasteiger partial charge is 0.374 e. The normalized spacial score (nSPS) is 23.0. The average Bonchev–Trinajstić information content (AvgIpc) is 3.53. The molecule has 2 aliphatic rings. The minimum absolute atomic E-state index is 0.0834. The SMILES string of the molecule is CCC(=Cc1oc2cc3ccccc3cc2[n+]1CCC(C)S(=O)(=O)[O-])C=C1Oc2cc3ccccc3cc2[N+]12CCC2(C)S(=O)(=O)O. The summed E-state index contributed by atoms with van der Waals surface area (Å²) in [7, 11) is -9.00. The maximum absolute atomic E-state index is 13.0. The van der Waals surface area contributed by atoms with Crippen LogP contribution in [0.2, 0.25) is 0 Å². The molecule has 7 rings (SSSR count). The summed E-state index contributed by atoms with van der Waals surface area (Å²) in [4.78, 5) is -1.56. The van der Waals surface area contributed by atoms with Crippen molar-refractivity contribution in [3.05, 3.63) is 96.2 Å². The van der Waals surface area contributed by atoms with E-state index >= 15 is 0 Å². The Morgan fingerprint density at radius 1 is 1.02 bits per heavy atom. The first-order valence-electron chi connectivity index (χ1n) is 15.5. The number of hydrogen-bond donors (Lipinski definition) is 1. The summed E-state index contributed by atoms with van der Waals surface area (Å²) in [6.45, 7) is 5.52. The van der Waals surface area contributed by atoms with Crippen molar-refractivity contribution < 1.29 is 39.7 Å². The van der Waals surface area contributed by atoms with Crippen molar-refractivity contribution in [2.75, 3.05) is 6.54 Å². The van der Waals surface area contributed by atoms with Crippen LogP contribution in [0.3, 0.4) is 0 Å². The zero-order valence-corrected chi connectivity index (χ0v) is 27.8. The standard InChI is InChI=1S/C35H34N2O8S2/c1-4-24(17-33-36(15-13-23(2)46(38,39)40)29-19-25-9-5-7-11-27(25)21-31(29)44-33)18-34-37(16-14-35(37,3)47(41,42)43)30-20-26-10-6-8-12-28(26)22-32(30)45-34/h5-12,17-23H,4,13-16H2,1-3H3/p+1. The molecule has 1 N–H and O–H groups in total. The lowest BCUT2D eigenvalue weighted by Crippen LogP contribution is -2.75. The Kier molecular flexibility index (Phi) is 7.37. The van der Waals surface area contributed by atoms with Gasteiger partial charge in [-0.25, -0.2) is 12.9 Å². The average molecular weight is 676 g/mol. The molecule has 0 saturated carbocycles. The molecule has 0 bridgehead atoms. The van der Waals surface area contributed by atoms with Crippen molar-refractivity contribution in [3.63, 3.8) is 0 Å². The Labute approximate surface area is 273 Å². The van der Waals surface area contributed by atoms with Crippen molar-refractivity contribution >= 4 is 64.6 Å². The maximum atomic E-state index is 13.0. The highest BCUT2D eigenvalue weighted by Crippen LogP contribution is 2.59. The molecule has 4 aromatic carbocycles. The van der Waals surface area contributed by atoms with E-state index in [2.05, 4.69) is 0 Å². The van der Waals surface area contributed by atoms with Crippen LogP contribution in [0.25, 0.3) is 38.7 Å². The minimum Gasteiger partial charge on any atom is -0.748 e. The van der Waals surface area contributed by atoms with E-state index in [1.165, 1.54) is 6.92 Å². The number of aryl methyl sites for hydroxylation is 1. The highest BCUT2D eigenvalue weighted by atomic mass is 32.2. The molecule has 244 valence electrons. The first-order chi connectivity index (χ1) is 22.2. The van der Waals surface area contributed by atoms with Gasteiger partial charge in [0.1, 0.15) is 0 Å². The van der Waals surface area contributed by atoms with E-state index in [1.54, 1.807) is 6.92 Å². The predicted molar refractivity (Wildman–Crippen MR) is 180 cm³/mol. The molecule has 1 saturated heterocycles. The lowest BCUT2D eigenvalue weighted by atomic mass is 9.95. The second-order valence-electron chi connectivity index (χ2n) is 12.6. The third-order valence-electron chi connectivity index (χ3n) is 9.98. The van der Waals surface area contributed by atoms with E-state index in [0.717, 1.165) is 32.6 Å². The van der Waals surface area contributed by atoms with E-state index in [-0.39, 0.29) is 23.9 Å². The van der Waals surface area contributed by atoms with Gasteiger partial charge in [0, 0.05) is 31.6 Å². The van der Waals surface area contributed by atoms with Crippen LogP contribution in [0.5, 0.6) is 5.75 Å². The molecule has 2 aliphatic heterocycles. The van der Waals surface area contributed by atoms with Gasteiger partial charge in [-0.3, -0.25) is 4.55 Å². The summed E-state index contributed by atoms with van der Waals surface area (Å²) in [5, 5.41) is 2.72. The number of nitrogens with zero attached hydrogens (tertiary/aromatic N) is 2. The Balaban J connectivity index is 1.39. The Hall–Kier alpha value is -4.07. The molecule has 3 heterocycles. The van der Waals surface area contributed by atoms with Gasteiger partial charge in [0.05, 0.1) is 34.4 Å². The summed E-state index contributed by atoms with van der Waals surface area (Å²) >= 11 is 0. The fraction of sp³-hybridized carbons (Fsp3) is 0.286. The van der Waals surface area contributed by atoms with Crippen LogP contribution in [-0.4, -0.2) is 42.6 Å². The van der Waals surface area contributed by atoms with Crippen molar-refractivity contribution in [3.8, 4) is 5.75 Å². The van der Waals surface area contributed by atoms with Gasteiger partial charge < -0.3 is 13.7 Å². The monoisotopic (exact) mass is 675 g/mol. The molecule has 1 spiro atoms. The van der Waals surface area contributed by atoms with Crippen LogP contribution < -0.4 is 13.8 Å². The van der Waals surface area contributed by atoms with Crippen LogP contribution in [-0.2, 0) is 26.8 Å². The van der Waals surface area contributed by atoms with Crippen LogP contribution in [0.1, 0.15) is 45.9 Å². The van der Waals surface area contributed by atoms with E-state index in [4.69, 9.17) is 9.15 Å². The molecule has 0 radical (unpaired) electrons. The molecule has 0 amide bonds. The van der Waals surface area contributed by atoms with Crippen LogP contribution in [0.4, 0.5) is 5.69 Å². The second kappa shape index (κ2) is 11.0. The summed E-state index contributed by atoms with van der Waals surface area (Å²) in [5.41, 5.74) is 2.75. The van der Waals surface area contributed by atoms with Crippen molar-refractivity contribution in [1.82, 2.24) is 4.48 Å². The number of ether oxygens (including phenoxy) is 1. The molecule has 1 fully saturated rings. The molecule has 47 heavy (non-hydrogen) atoms. The molecule has 10 nitrogen and oxygen atoms in total.